The Morgan fingerprint density at radius 3 is 1.02 bits per heavy atom. The van der Waals surface area contributed by atoms with Crippen LogP contribution in [-0.4, -0.2) is 87.5 Å². The third-order valence-corrected chi connectivity index (χ3v) is 17.8. The van der Waals surface area contributed by atoms with E-state index in [0.717, 1.165) is 38.5 Å². The molecular formula is C73H141NO8. The zero-order valence-corrected chi connectivity index (χ0v) is 54.5. The Morgan fingerprint density at radius 1 is 0.402 bits per heavy atom. The van der Waals surface area contributed by atoms with Gasteiger partial charge in [-0.3, -0.25) is 4.79 Å². The van der Waals surface area contributed by atoms with Crippen LogP contribution in [0.2, 0.25) is 0 Å². The number of hydrogen-bond acceptors (Lipinski definition) is 8. The number of allylic oxidation sites excluding steroid dienone is 3. The van der Waals surface area contributed by atoms with E-state index in [-0.39, 0.29) is 12.5 Å². The highest BCUT2D eigenvalue weighted by molar-refractivity contribution is 5.76. The second kappa shape index (κ2) is 62.7. The molecular weight excluding hydrogens is 1020 g/mol. The lowest BCUT2D eigenvalue weighted by Crippen LogP contribution is -2.60. The van der Waals surface area contributed by atoms with Gasteiger partial charge in [0.25, 0.3) is 0 Å². The molecule has 0 aromatic carbocycles. The fourth-order valence-corrected chi connectivity index (χ4v) is 12.1. The molecule has 7 unspecified atom stereocenters. The highest BCUT2D eigenvalue weighted by Gasteiger charge is 2.44. The van der Waals surface area contributed by atoms with Gasteiger partial charge in [-0.05, 0) is 32.1 Å². The van der Waals surface area contributed by atoms with Gasteiger partial charge in [0.1, 0.15) is 24.4 Å². The van der Waals surface area contributed by atoms with Gasteiger partial charge in [-0.1, -0.05) is 366 Å². The molecule has 6 N–H and O–H groups in total. The molecule has 0 saturated carbocycles. The molecule has 9 nitrogen and oxygen atoms in total. The van der Waals surface area contributed by atoms with Crippen molar-refractivity contribution in [2.45, 2.75) is 423 Å². The van der Waals surface area contributed by atoms with Crippen LogP contribution in [0, 0.1) is 0 Å². The lowest BCUT2D eigenvalue weighted by atomic mass is 9.99. The normalized spacial score (nSPS) is 18.4. The van der Waals surface area contributed by atoms with Crippen LogP contribution in [-0.2, 0) is 14.3 Å². The zero-order valence-electron chi connectivity index (χ0n) is 54.5. The van der Waals surface area contributed by atoms with Crippen molar-refractivity contribution >= 4 is 5.91 Å². The molecule has 486 valence electrons. The molecule has 1 amide bonds. The number of aliphatic hydroxyl groups excluding tert-OH is 5. The van der Waals surface area contributed by atoms with Crippen molar-refractivity contribution in [2.75, 3.05) is 13.2 Å². The second-order valence-corrected chi connectivity index (χ2v) is 25.7. The predicted octanol–water partition coefficient (Wildman–Crippen LogP) is 20.0. The molecule has 1 heterocycles. The predicted molar refractivity (Wildman–Crippen MR) is 350 cm³/mol. The highest BCUT2D eigenvalue weighted by Crippen LogP contribution is 2.24. The lowest BCUT2D eigenvalue weighted by Gasteiger charge is -2.40. The number of rotatable bonds is 65. The smallest absolute Gasteiger partial charge is 0.220 e. The van der Waals surface area contributed by atoms with Gasteiger partial charge in [0.15, 0.2) is 6.29 Å². The SMILES string of the molecule is CCCCCCCCCCCCCCCCCC/C=C/CC/C=C/C(O)C(COC1OC(CO)C(O)C(O)C1O)NC(=O)CCCCCCCCCCCCCCCCCCCCCCCCCCCCCCCCCCCCCCC. The van der Waals surface area contributed by atoms with E-state index in [0.29, 0.717) is 6.42 Å². The molecule has 1 saturated heterocycles. The van der Waals surface area contributed by atoms with Gasteiger partial charge >= 0.3 is 0 Å². The summed E-state index contributed by atoms with van der Waals surface area (Å²) >= 11 is 0. The largest absolute Gasteiger partial charge is 0.394 e. The number of carbonyl (C=O) groups is 1. The van der Waals surface area contributed by atoms with E-state index in [1.807, 2.05) is 6.08 Å². The number of ether oxygens (including phenoxy) is 2. The summed E-state index contributed by atoms with van der Waals surface area (Å²) < 4.78 is 11.3. The first-order chi connectivity index (χ1) is 40.3. The third kappa shape index (κ3) is 50.8. The van der Waals surface area contributed by atoms with E-state index in [1.54, 1.807) is 6.08 Å². The van der Waals surface area contributed by atoms with Gasteiger partial charge in [-0.25, -0.2) is 0 Å². The summed E-state index contributed by atoms with van der Waals surface area (Å²) in [6.07, 6.45) is 76.0. The van der Waals surface area contributed by atoms with Crippen LogP contribution in [0.5, 0.6) is 0 Å². The lowest BCUT2D eigenvalue weighted by molar-refractivity contribution is -0.302. The van der Waals surface area contributed by atoms with Crippen molar-refractivity contribution in [2.24, 2.45) is 0 Å². The van der Waals surface area contributed by atoms with Crippen LogP contribution in [0.25, 0.3) is 0 Å². The molecule has 1 rings (SSSR count). The van der Waals surface area contributed by atoms with Crippen LogP contribution >= 0.6 is 0 Å². The summed E-state index contributed by atoms with van der Waals surface area (Å²) in [7, 11) is 0. The van der Waals surface area contributed by atoms with Crippen LogP contribution in [0.15, 0.2) is 24.3 Å². The summed E-state index contributed by atoms with van der Waals surface area (Å²) in [6.45, 7) is 3.82. The van der Waals surface area contributed by atoms with Crippen molar-refractivity contribution < 1.29 is 39.8 Å². The number of hydrogen-bond donors (Lipinski definition) is 6. The van der Waals surface area contributed by atoms with Crippen molar-refractivity contribution in [3.8, 4) is 0 Å². The van der Waals surface area contributed by atoms with Crippen LogP contribution in [0.4, 0.5) is 0 Å². The van der Waals surface area contributed by atoms with Gasteiger partial charge in [0, 0.05) is 6.42 Å². The van der Waals surface area contributed by atoms with E-state index < -0.39 is 49.5 Å². The molecule has 0 aromatic heterocycles. The maximum absolute atomic E-state index is 13.1. The minimum atomic E-state index is -1.57. The summed E-state index contributed by atoms with van der Waals surface area (Å²) in [4.78, 5) is 13.1. The van der Waals surface area contributed by atoms with E-state index >= 15 is 0 Å². The number of unbranched alkanes of at least 4 members (excludes halogenated alkanes) is 53. The number of carbonyl (C=O) groups excluding carboxylic acids is 1. The van der Waals surface area contributed by atoms with E-state index in [9.17, 15) is 30.3 Å². The molecule has 7 atom stereocenters. The molecule has 0 aliphatic carbocycles. The maximum Gasteiger partial charge on any atom is 0.220 e. The zero-order chi connectivity index (χ0) is 59.3. The Hall–Kier alpha value is -1.33. The van der Waals surface area contributed by atoms with Gasteiger partial charge in [-0.15, -0.1) is 0 Å². The van der Waals surface area contributed by atoms with Crippen molar-refractivity contribution in [3.63, 3.8) is 0 Å². The minimum absolute atomic E-state index is 0.178. The summed E-state index contributed by atoms with van der Waals surface area (Å²) in [5, 5.41) is 54.7. The van der Waals surface area contributed by atoms with E-state index in [1.165, 1.54) is 321 Å². The van der Waals surface area contributed by atoms with Crippen LogP contribution in [0.1, 0.15) is 380 Å². The number of nitrogens with one attached hydrogen (secondary N) is 1. The Kier molecular flexibility index (Phi) is 60.2. The number of aliphatic hydroxyl groups is 5. The van der Waals surface area contributed by atoms with Crippen LogP contribution < -0.4 is 5.32 Å². The Bertz CT molecular complexity index is 1340. The van der Waals surface area contributed by atoms with E-state index in [2.05, 4.69) is 31.3 Å². The van der Waals surface area contributed by atoms with Crippen LogP contribution in [0.3, 0.4) is 0 Å². The monoisotopic (exact) mass is 1160 g/mol. The van der Waals surface area contributed by atoms with Gasteiger partial charge in [0.05, 0.1) is 25.4 Å². The molecule has 0 bridgehead atoms. The quantitative estimate of drug-likeness (QED) is 0.0261. The first-order valence-electron chi connectivity index (χ1n) is 36.6. The molecule has 1 fully saturated rings. The fourth-order valence-electron chi connectivity index (χ4n) is 12.1. The molecule has 9 heteroatoms. The minimum Gasteiger partial charge on any atom is -0.394 e. The number of amides is 1. The molecule has 82 heavy (non-hydrogen) atoms. The first kappa shape index (κ1) is 78.7. The third-order valence-electron chi connectivity index (χ3n) is 17.8. The highest BCUT2D eigenvalue weighted by atomic mass is 16.7. The average molecular weight is 1160 g/mol. The topological polar surface area (TPSA) is 149 Å². The van der Waals surface area contributed by atoms with Gasteiger partial charge < -0.3 is 40.3 Å². The van der Waals surface area contributed by atoms with Gasteiger partial charge in [0.2, 0.25) is 5.91 Å². The summed E-state index contributed by atoms with van der Waals surface area (Å²) in [5.74, 6) is -0.178. The average Bonchev–Trinajstić information content (AvgIpc) is 3.52. The molecule has 1 aliphatic heterocycles. The van der Waals surface area contributed by atoms with Gasteiger partial charge in [-0.2, -0.15) is 0 Å². The fraction of sp³-hybridized carbons (Fsp3) is 0.932. The van der Waals surface area contributed by atoms with E-state index in [4.69, 9.17) is 9.47 Å². The summed E-state index contributed by atoms with van der Waals surface area (Å²) in [6, 6.07) is -0.820. The molecule has 0 aromatic rings. The Labute approximate surface area is 509 Å². The van der Waals surface area contributed by atoms with Crippen molar-refractivity contribution in [1.82, 2.24) is 5.32 Å². The Balaban J connectivity index is 2.07. The standard InChI is InChI=1S/C73H141NO8/c1-3-5-7-9-11-13-15-17-19-21-23-25-27-28-29-30-31-32-33-34-35-36-37-38-39-40-41-43-45-47-49-51-53-55-57-59-61-63-69(77)74-66(65-81-73-72(80)71(79)70(78)68(64-75)82-73)67(76)62-60-58-56-54-52-50-48-46-44-42-26-24-22-20-18-16-14-12-10-8-6-4-2/h52,54,60,62,66-68,70-73,75-76,78-80H,3-51,53,55-59,61,63-65H2,1-2H3,(H,74,77)/b54-52+,62-60+. The molecule has 0 spiro atoms. The summed E-state index contributed by atoms with van der Waals surface area (Å²) in [5.41, 5.74) is 0. The van der Waals surface area contributed by atoms with Crippen molar-refractivity contribution in [3.05, 3.63) is 24.3 Å². The molecule has 1 aliphatic rings. The van der Waals surface area contributed by atoms with Crippen molar-refractivity contribution in [1.29, 1.82) is 0 Å². The second-order valence-electron chi connectivity index (χ2n) is 25.7. The Morgan fingerprint density at radius 2 is 0.695 bits per heavy atom. The molecule has 0 radical (unpaired) electrons. The maximum atomic E-state index is 13.1. The first-order valence-corrected chi connectivity index (χ1v) is 36.6.